The maximum absolute atomic E-state index is 12.1. The van der Waals surface area contributed by atoms with Crippen LogP contribution in [0.5, 0.6) is 0 Å². The molecular formula is C14H21NO5S. The van der Waals surface area contributed by atoms with Gasteiger partial charge in [-0.1, -0.05) is 13.8 Å². The average Bonchev–Trinajstić information content (AvgIpc) is 2.45. The molecule has 0 heterocycles. The monoisotopic (exact) mass is 315 g/mol. The number of carbonyl (C=O) groups excluding carboxylic acids is 1. The van der Waals surface area contributed by atoms with Gasteiger partial charge in [0.2, 0.25) is 10.0 Å². The largest absolute Gasteiger partial charge is 0.465 e. The quantitative estimate of drug-likeness (QED) is 0.737. The number of sulfonamides is 1. The Bertz CT molecular complexity index is 578. The Labute approximate surface area is 125 Å². The van der Waals surface area contributed by atoms with E-state index in [0.29, 0.717) is 6.42 Å². The summed E-state index contributed by atoms with van der Waals surface area (Å²) in [6.07, 6.45) is 0.497. The molecule has 0 spiro atoms. The molecule has 7 heteroatoms. The van der Waals surface area contributed by atoms with Gasteiger partial charge in [0.1, 0.15) is 0 Å². The molecule has 118 valence electrons. The molecule has 0 aliphatic heterocycles. The summed E-state index contributed by atoms with van der Waals surface area (Å²) in [5.41, 5.74) is -0.0506. The Balaban J connectivity index is 2.81. The minimum atomic E-state index is -3.64. The lowest BCUT2D eigenvalue weighted by molar-refractivity contribution is 0.0600. The van der Waals surface area contributed by atoms with Gasteiger partial charge in [-0.15, -0.1) is 0 Å². The number of carbonyl (C=O) groups is 1. The average molecular weight is 315 g/mol. The molecule has 21 heavy (non-hydrogen) atoms. The predicted molar refractivity (Wildman–Crippen MR) is 78.5 cm³/mol. The molecule has 0 atom stereocenters. The Kier molecular flexibility index (Phi) is 5.88. The Morgan fingerprint density at radius 1 is 1.29 bits per heavy atom. The number of nitrogens with one attached hydrogen (secondary N) is 1. The van der Waals surface area contributed by atoms with Gasteiger partial charge in [-0.2, -0.15) is 0 Å². The van der Waals surface area contributed by atoms with Crippen LogP contribution >= 0.6 is 0 Å². The minimum Gasteiger partial charge on any atom is -0.465 e. The molecule has 0 saturated carbocycles. The second-order valence-electron chi connectivity index (χ2n) is 5.48. The number of hydrogen-bond acceptors (Lipinski definition) is 5. The lowest BCUT2D eigenvalue weighted by Crippen LogP contribution is -2.34. The van der Waals surface area contributed by atoms with Crippen LogP contribution in [0.4, 0.5) is 0 Å². The zero-order chi connectivity index (χ0) is 16.1. The molecule has 0 radical (unpaired) electrons. The van der Waals surface area contributed by atoms with Crippen molar-refractivity contribution in [3.8, 4) is 0 Å². The molecule has 0 aliphatic rings. The van der Waals surface area contributed by atoms with E-state index in [2.05, 4.69) is 9.46 Å². The second-order valence-corrected chi connectivity index (χ2v) is 7.25. The third kappa shape index (κ3) is 5.11. The van der Waals surface area contributed by atoms with E-state index in [9.17, 15) is 13.2 Å². The SMILES string of the molecule is COC(=O)c1ccc(S(=O)(=O)NCC(C)(C)CCO)cc1. The van der Waals surface area contributed by atoms with Crippen molar-refractivity contribution in [2.45, 2.75) is 25.2 Å². The van der Waals surface area contributed by atoms with E-state index >= 15 is 0 Å². The normalized spacial score (nSPS) is 12.2. The molecule has 0 bridgehead atoms. The summed E-state index contributed by atoms with van der Waals surface area (Å²) in [4.78, 5) is 11.4. The van der Waals surface area contributed by atoms with Crippen LogP contribution < -0.4 is 4.72 Å². The number of esters is 1. The van der Waals surface area contributed by atoms with E-state index in [1.807, 2.05) is 13.8 Å². The summed E-state index contributed by atoms with van der Waals surface area (Å²) in [5, 5.41) is 8.93. The number of rotatable bonds is 7. The smallest absolute Gasteiger partial charge is 0.337 e. The molecule has 0 aromatic heterocycles. The number of benzene rings is 1. The first-order valence-corrected chi connectivity index (χ1v) is 7.99. The van der Waals surface area contributed by atoms with E-state index in [4.69, 9.17) is 5.11 Å². The number of ether oxygens (including phenoxy) is 1. The van der Waals surface area contributed by atoms with Crippen LogP contribution in [-0.4, -0.2) is 39.8 Å². The van der Waals surface area contributed by atoms with Crippen LogP contribution in [0, 0.1) is 5.41 Å². The third-order valence-corrected chi connectivity index (χ3v) is 4.53. The topological polar surface area (TPSA) is 92.7 Å². The van der Waals surface area contributed by atoms with Gasteiger partial charge in [-0.25, -0.2) is 17.9 Å². The van der Waals surface area contributed by atoms with Crippen LogP contribution in [0.2, 0.25) is 0 Å². The molecule has 2 N–H and O–H groups in total. The Hall–Kier alpha value is -1.44. The molecule has 0 fully saturated rings. The maximum atomic E-state index is 12.1. The van der Waals surface area contributed by atoms with Gasteiger partial charge in [0.25, 0.3) is 0 Å². The first-order valence-electron chi connectivity index (χ1n) is 6.51. The number of aliphatic hydroxyl groups excluding tert-OH is 1. The first-order chi connectivity index (χ1) is 9.72. The summed E-state index contributed by atoms with van der Waals surface area (Å²) in [6, 6.07) is 5.51. The highest BCUT2D eigenvalue weighted by atomic mass is 32.2. The van der Waals surface area contributed by atoms with E-state index < -0.39 is 16.0 Å². The molecule has 1 rings (SSSR count). The lowest BCUT2D eigenvalue weighted by Gasteiger charge is -2.23. The van der Waals surface area contributed by atoms with Crippen LogP contribution in [0.25, 0.3) is 0 Å². The second kappa shape index (κ2) is 7.02. The third-order valence-electron chi connectivity index (χ3n) is 3.12. The highest BCUT2D eigenvalue weighted by molar-refractivity contribution is 7.89. The van der Waals surface area contributed by atoms with E-state index in [-0.39, 0.29) is 29.0 Å². The summed E-state index contributed by atoms with van der Waals surface area (Å²) >= 11 is 0. The van der Waals surface area contributed by atoms with Gasteiger partial charge >= 0.3 is 5.97 Å². The number of aliphatic hydroxyl groups is 1. The zero-order valence-electron chi connectivity index (χ0n) is 12.4. The number of hydrogen-bond donors (Lipinski definition) is 2. The number of methoxy groups -OCH3 is 1. The van der Waals surface area contributed by atoms with Crippen molar-refractivity contribution in [2.75, 3.05) is 20.3 Å². The molecular weight excluding hydrogens is 294 g/mol. The van der Waals surface area contributed by atoms with Gasteiger partial charge in [-0.3, -0.25) is 0 Å². The van der Waals surface area contributed by atoms with Gasteiger partial charge < -0.3 is 9.84 Å². The zero-order valence-corrected chi connectivity index (χ0v) is 13.2. The van der Waals surface area contributed by atoms with Gasteiger partial charge in [0, 0.05) is 13.2 Å². The summed E-state index contributed by atoms with van der Waals surface area (Å²) in [7, 11) is -2.38. The molecule has 1 aromatic rings. The van der Waals surface area contributed by atoms with Crippen LogP contribution in [0.15, 0.2) is 29.2 Å². The lowest BCUT2D eigenvalue weighted by atomic mass is 9.90. The van der Waals surface area contributed by atoms with Crippen molar-refractivity contribution >= 4 is 16.0 Å². The van der Waals surface area contributed by atoms with Crippen molar-refractivity contribution in [1.29, 1.82) is 0 Å². The molecule has 0 unspecified atom stereocenters. The molecule has 0 saturated heterocycles. The fraction of sp³-hybridized carbons (Fsp3) is 0.500. The van der Waals surface area contributed by atoms with Crippen molar-refractivity contribution in [3.05, 3.63) is 29.8 Å². The van der Waals surface area contributed by atoms with Crippen LogP contribution in [0.1, 0.15) is 30.6 Å². The highest BCUT2D eigenvalue weighted by Crippen LogP contribution is 2.19. The van der Waals surface area contributed by atoms with Crippen molar-refractivity contribution in [3.63, 3.8) is 0 Å². The van der Waals surface area contributed by atoms with Gasteiger partial charge in [-0.05, 0) is 36.1 Å². The summed E-state index contributed by atoms with van der Waals surface area (Å²) < 4.78 is 31.3. The fourth-order valence-corrected chi connectivity index (χ4v) is 2.89. The summed E-state index contributed by atoms with van der Waals surface area (Å²) in [6.45, 7) is 3.95. The van der Waals surface area contributed by atoms with Crippen LogP contribution in [-0.2, 0) is 14.8 Å². The fourth-order valence-electron chi connectivity index (χ4n) is 1.65. The first kappa shape index (κ1) is 17.6. The maximum Gasteiger partial charge on any atom is 0.337 e. The molecule has 0 amide bonds. The van der Waals surface area contributed by atoms with Crippen molar-refractivity contribution < 1.29 is 23.1 Å². The van der Waals surface area contributed by atoms with Crippen molar-refractivity contribution in [1.82, 2.24) is 4.72 Å². The van der Waals surface area contributed by atoms with Gasteiger partial charge in [0.05, 0.1) is 17.6 Å². The Morgan fingerprint density at radius 3 is 2.33 bits per heavy atom. The standard InChI is InChI=1S/C14H21NO5S/c1-14(2,8-9-16)10-15-21(18,19)12-6-4-11(5-7-12)13(17)20-3/h4-7,15-16H,8-10H2,1-3H3. The molecule has 1 aromatic carbocycles. The van der Waals surface area contributed by atoms with Crippen LogP contribution in [0.3, 0.4) is 0 Å². The van der Waals surface area contributed by atoms with Crippen molar-refractivity contribution in [2.24, 2.45) is 5.41 Å². The van der Waals surface area contributed by atoms with E-state index in [0.717, 1.165) is 0 Å². The van der Waals surface area contributed by atoms with E-state index in [1.54, 1.807) is 0 Å². The summed E-state index contributed by atoms with van der Waals surface area (Å²) in [5.74, 6) is -0.518. The highest BCUT2D eigenvalue weighted by Gasteiger charge is 2.22. The Morgan fingerprint density at radius 2 is 1.86 bits per heavy atom. The predicted octanol–water partition coefficient (Wildman–Crippen LogP) is 1.16. The van der Waals surface area contributed by atoms with E-state index in [1.165, 1.54) is 31.4 Å². The minimum absolute atomic E-state index is 0.00253. The molecule has 0 aliphatic carbocycles. The van der Waals surface area contributed by atoms with Gasteiger partial charge in [0.15, 0.2) is 0 Å². The molecule has 6 nitrogen and oxygen atoms in total.